The van der Waals surface area contributed by atoms with Crippen LogP contribution in [0.4, 0.5) is 15.2 Å². The quantitative estimate of drug-likeness (QED) is 0.317. The second kappa shape index (κ2) is 10.3. The van der Waals surface area contributed by atoms with E-state index in [2.05, 4.69) is 34.2 Å². The molecule has 1 heterocycles. The van der Waals surface area contributed by atoms with Gasteiger partial charge in [-0.2, -0.15) is 0 Å². The van der Waals surface area contributed by atoms with Crippen molar-refractivity contribution in [1.82, 2.24) is 10.3 Å². The molecule has 2 aromatic rings. The molecule has 144 valence electrons. The molecule has 0 saturated carbocycles. The molecule has 2 rings (SSSR count). The number of rotatable bonds is 11. The highest BCUT2D eigenvalue weighted by Crippen LogP contribution is 2.32. The minimum atomic E-state index is -0.322. The first-order valence-corrected chi connectivity index (χ1v) is 10.5. The number of aromatic nitrogens is 1. The third kappa shape index (κ3) is 6.92. The average Bonchev–Trinajstić information content (AvgIpc) is 3.12. The number of thiazole rings is 1. The number of halogens is 2. The van der Waals surface area contributed by atoms with Crippen LogP contribution in [0.2, 0.25) is 5.02 Å². The predicted octanol–water partition coefficient (Wildman–Crippen LogP) is 4.57. The van der Waals surface area contributed by atoms with Crippen molar-refractivity contribution >= 4 is 45.7 Å². The maximum atomic E-state index is 14.3. The predicted molar refractivity (Wildman–Crippen MR) is 112 cm³/mol. The Morgan fingerprint density at radius 3 is 2.77 bits per heavy atom. The van der Waals surface area contributed by atoms with Crippen molar-refractivity contribution in [3.8, 4) is 0 Å². The van der Waals surface area contributed by atoms with E-state index < -0.39 is 0 Å². The highest BCUT2D eigenvalue weighted by Gasteiger charge is 2.13. The van der Waals surface area contributed by atoms with Gasteiger partial charge in [-0.25, -0.2) is 9.37 Å². The van der Waals surface area contributed by atoms with Gasteiger partial charge >= 0.3 is 0 Å². The third-order valence-corrected chi connectivity index (χ3v) is 5.69. The molecule has 0 radical (unpaired) electrons. The average molecular weight is 418 g/mol. The smallest absolute Gasteiger partial charge is 0.192 e. The standard InChI is InChI=1S/C17H25ClFN5S2/c1-17(2,11-20)23-6-4-3-5-21-14-10-13(19)15(9-12(14)18)26-24-16-22-7-8-25-16/h7-10,21,23H,3-6,11,20H2,1-2H3,(H,22,24). The number of anilines is 2. The van der Waals surface area contributed by atoms with E-state index in [4.69, 9.17) is 17.3 Å². The van der Waals surface area contributed by atoms with Gasteiger partial charge in [0.2, 0.25) is 0 Å². The molecule has 1 aromatic heterocycles. The lowest BCUT2D eigenvalue weighted by atomic mass is 10.1. The fourth-order valence-corrected chi connectivity index (χ4v) is 3.65. The van der Waals surface area contributed by atoms with Crippen molar-refractivity contribution in [1.29, 1.82) is 0 Å². The number of nitrogens with two attached hydrogens (primary N) is 1. The van der Waals surface area contributed by atoms with Crippen LogP contribution in [0.15, 0.2) is 28.6 Å². The van der Waals surface area contributed by atoms with E-state index in [0.717, 1.165) is 43.0 Å². The lowest BCUT2D eigenvalue weighted by Crippen LogP contribution is -2.46. The molecule has 0 bridgehead atoms. The first-order valence-electron chi connectivity index (χ1n) is 8.41. The van der Waals surface area contributed by atoms with Crippen molar-refractivity contribution in [2.45, 2.75) is 37.1 Å². The Morgan fingerprint density at radius 1 is 1.31 bits per heavy atom. The topological polar surface area (TPSA) is 75.0 Å². The summed E-state index contributed by atoms with van der Waals surface area (Å²) >= 11 is 8.88. The van der Waals surface area contributed by atoms with Crippen LogP contribution in [0, 0.1) is 5.82 Å². The molecule has 5 N–H and O–H groups in total. The van der Waals surface area contributed by atoms with Crippen LogP contribution in [-0.2, 0) is 0 Å². The number of unbranched alkanes of at least 4 members (excludes halogenated alkanes) is 1. The third-order valence-electron chi connectivity index (χ3n) is 3.74. The van der Waals surface area contributed by atoms with Crippen molar-refractivity contribution in [3.05, 3.63) is 34.5 Å². The highest BCUT2D eigenvalue weighted by atomic mass is 35.5. The Labute approximate surface area is 167 Å². The van der Waals surface area contributed by atoms with Crippen molar-refractivity contribution in [2.75, 3.05) is 29.7 Å². The van der Waals surface area contributed by atoms with E-state index in [9.17, 15) is 4.39 Å². The molecular formula is C17H25ClFN5S2. The molecule has 0 aliphatic rings. The van der Waals surface area contributed by atoms with E-state index in [1.54, 1.807) is 12.3 Å². The van der Waals surface area contributed by atoms with Gasteiger partial charge in [-0.05, 0) is 57.3 Å². The van der Waals surface area contributed by atoms with Crippen LogP contribution in [0.5, 0.6) is 0 Å². The van der Waals surface area contributed by atoms with Gasteiger partial charge in [0, 0.05) is 30.2 Å². The number of hydrogen-bond acceptors (Lipinski definition) is 7. The molecule has 26 heavy (non-hydrogen) atoms. The van der Waals surface area contributed by atoms with Crippen LogP contribution in [0.1, 0.15) is 26.7 Å². The maximum Gasteiger partial charge on any atom is 0.192 e. The van der Waals surface area contributed by atoms with E-state index in [0.29, 0.717) is 22.2 Å². The van der Waals surface area contributed by atoms with E-state index in [1.165, 1.54) is 17.4 Å². The summed E-state index contributed by atoms with van der Waals surface area (Å²) < 4.78 is 17.3. The fourth-order valence-electron chi connectivity index (χ4n) is 2.09. The summed E-state index contributed by atoms with van der Waals surface area (Å²) in [6, 6.07) is 3.06. The summed E-state index contributed by atoms with van der Waals surface area (Å²) in [7, 11) is 0. The van der Waals surface area contributed by atoms with Gasteiger partial charge in [0.1, 0.15) is 5.82 Å². The second-order valence-electron chi connectivity index (χ2n) is 6.45. The minimum absolute atomic E-state index is 0.0416. The molecule has 0 aliphatic heterocycles. The first-order chi connectivity index (χ1) is 12.4. The van der Waals surface area contributed by atoms with Crippen molar-refractivity contribution in [2.24, 2.45) is 5.73 Å². The summed E-state index contributed by atoms with van der Waals surface area (Å²) in [5.41, 5.74) is 6.25. The summed E-state index contributed by atoms with van der Waals surface area (Å²) in [4.78, 5) is 4.53. The zero-order chi connectivity index (χ0) is 19.0. The van der Waals surface area contributed by atoms with Gasteiger partial charge in [0.25, 0.3) is 0 Å². The van der Waals surface area contributed by atoms with Crippen LogP contribution in [0.3, 0.4) is 0 Å². The van der Waals surface area contributed by atoms with E-state index in [-0.39, 0.29) is 11.4 Å². The Kier molecular flexibility index (Phi) is 8.43. The second-order valence-corrected chi connectivity index (χ2v) is 8.60. The van der Waals surface area contributed by atoms with Crippen LogP contribution in [-0.4, -0.2) is 30.2 Å². The maximum absolute atomic E-state index is 14.3. The molecule has 0 spiro atoms. The summed E-state index contributed by atoms with van der Waals surface area (Å²) in [6.07, 6.45) is 3.65. The molecule has 5 nitrogen and oxygen atoms in total. The molecule has 9 heteroatoms. The van der Waals surface area contributed by atoms with Crippen molar-refractivity contribution < 1.29 is 4.39 Å². The molecule has 0 fully saturated rings. The largest absolute Gasteiger partial charge is 0.384 e. The van der Waals surface area contributed by atoms with Crippen LogP contribution in [0.25, 0.3) is 0 Å². The van der Waals surface area contributed by atoms with Crippen LogP contribution < -0.4 is 21.1 Å². The lowest BCUT2D eigenvalue weighted by molar-refractivity contribution is 0.394. The lowest BCUT2D eigenvalue weighted by Gasteiger charge is -2.24. The normalized spacial score (nSPS) is 11.6. The minimum Gasteiger partial charge on any atom is -0.384 e. The van der Waals surface area contributed by atoms with Gasteiger partial charge in [-0.15, -0.1) is 11.3 Å². The van der Waals surface area contributed by atoms with Crippen molar-refractivity contribution in [3.63, 3.8) is 0 Å². The molecule has 0 saturated heterocycles. The Hall–Kier alpha value is -1.06. The van der Waals surface area contributed by atoms with Gasteiger partial charge in [-0.3, -0.25) is 0 Å². The monoisotopic (exact) mass is 417 g/mol. The van der Waals surface area contributed by atoms with Gasteiger partial charge in [-0.1, -0.05) is 11.6 Å². The Bertz CT molecular complexity index is 682. The van der Waals surface area contributed by atoms with Gasteiger partial charge < -0.3 is 21.1 Å². The summed E-state index contributed by atoms with van der Waals surface area (Å²) in [5, 5.41) is 9.68. The molecule has 0 unspecified atom stereocenters. The van der Waals surface area contributed by atoms with Gasteiger partial charge in [0.15, 0.2) is 5.13 Å². The molecule has 0 aliphatic carbocycles. The van der Waals surface area contributed by atoms with E-state index >= 15 is 0 Å². The first kappa shape index (κ1) is 21.2. The summed E-state index contributed by atoms with van der Waals surface area (Å²) in [5.74, 6) is -0.322. The van der Waals surface area contributed by atoms with E-state index in [1.807, 2.05) is 5.38 Å². The molecule has 0 atom stereocenters. The fraction of sp³-hybridized carbons (Fsp3) is 0.471. The number of nitrogens with zero attached hydrogens (tertiary/aromatic N) is 1. The Morgan fingerprint density at radius 2 is 2.08 bits per heavy atom. The highest BCUT2D eigenvalue weighted by molar-refractivity contribution is 8.00. The Balaban J connectivity index is 1.76. The number of benzene rings is 1. The SMILES string of the molecule is CC(C)(CN)NCCCCNc1cc(F)c(SNc2nccs2)cc1Cl. The molecule has 0 amide bonds. The van der Waals surface area contributed by atoms with Gasteiger partial charge in [0.05, 0.1) is 15.6 Å². The number of nitrogens with one attached hydrogen (secondary N) is 3. The zero-order valence-electron chi connectivity index (χ0n) is 14.9. The zero-order valence-corrected chi connectivity index (χ0v) is 17.3. The van der Waals surface area contributed by atoms with Crippen LogP contribution >= 0.6 is 34.9 Å². The molecular weight excluding hydrogens is 393 g/mol. The number of hydrogen-bond donors (Lipinski definition) is 4. The molecule has 1 aromatic carbocycles. The summed E-state index contributed by atoms with van der Waals surface area (Å²) in [6.45, 7) is 6.38.